The monoisotopic (exact) mass is 253 g/mol. The fourth-order valence-electron chi connectivity index (χ4n) is 1.99. The molecular formula is C16H15NO2. The molecule has 0 spiro atoms. The second kappa shape index (κ2) is 5.96. The third-order valence-corrected chi connectivity index (χ3v) is 2.88. The Hall–Kier alpha value is -2.42. The van der Waals surface area contributed by atoms with Crippen LogP contribution in [0.2, 0.25) is 0 Å². The highest BCUT2D eigenvalue weighted by molar-refractivity contribution is 5.80. The zero-order valence-corrected chi connectivity index (χ0v) is 10.7. The molecule has 0 aromatic heterocycles. The third kappa shape index (κ3) is 3.07. The molecule has 96 valence electrons. The summed E-state index contributed by atoms with van der Waals surface area (Å²) in [5, 5.41) is 10.7. The minimum absolute atomic E-state index is 0.118. The van der Waals surface area contributed by atoms with E-state index < -0.39 is 0 Å². The van der Waals surface area contributed by atoms with Gasteiger partial charge in [-0.3, -0.25) is 10.1 Å². The van der Waals surface area contributed by atoms with Gasteiger partial charge in [-0.05, 0) is 35.3 Å². The second-order valence-corrected chi connectivity index (χ2v) is 4.20. The highest BCUT2D eigenvalue weighted by atomic mass is 16.6. The lowest BCUT2D eigenvalue weighted by molar-refractivity contribution is -0.384. The Morgan fingerprint density at radius 3 is 2.16 bits per heavy atom. The van der Waals surface area contributed by atoms with Crippen molar-refractivity contribution in [3.8, 4) is 0 Å². The van der Waals surface area contributed by atoms with Gasteiger partial charge in [0.05, 0.1) is 4.92 Å². The lowest BCUT2D eigenvalue weighted by atomic mass is 9.97. The molecule has 3 nitrogen and oxygen atoms in total. The number of hydrogen-bond acceptors (Lipinski definition) is 2. The summed E-state index contributed by atoms with van der Waals surface area (Å²) in [7, 11) is 0. The third-order valence-electron chi connectivity index (χ3n) is 2.88. The van der Waals surface area contributed by atoms with Crippen LogP contribution in [0, 0.1) is 10.1 Å². The van der Waals surface area contributed by atoms with Crippen LogP contribution in [-0.2, 0) is 0 Å². The van der Waals surface area contributed by atoms with Crippen LogP contribution >= 0.6 is 0 Å². The molecule has 0 unspecified atom stereocenters. The lowest BCUT2D eigenvalue weighted by Crippen LogP contribution is -1.91. The van der Waals surface area contributed by atoms with Gasteiger partial charge in [-0.1, -0.05) is 43.3 Å². The average molecular weight is 253 g/mol. The molecule has 0 saturated heterocycles. The van der Waals surface area contributed by atoms with E-state index in [4.69, 9.17) is 0 Å². The summed E-state index contributed by atoms with van der Waals surface area (Å²) in [6.45, 7) is 2.08. The molecule has 2 aromatic rings. The van der Waals surface area contributed by atoms with Gasteiger partial charge >= 0.3 is 0 Å². The molecule has 0 saturated carbocycles. The summed E-state index contributed by atoms with van der Waals surface area (Å²) in [6.07, 6.45) is 3.05. The van der Waals surface area contributed by atoms with E-state index in [1.165, 1.54) is 0 Å². The van der Waals surface area contributed by atoms with E-state index >= 15 is 0 Å². The standard InChI is InChI=1S/C16H15NO2/c1-2-6-16(13-7-4-3-5-8-13)14-9-11-15(12-10-14)17(18)19/h3-12H,2H2,1H3. The number of nitro groups is 1. The molecule has 0 fully saturated rings. The van der Waals surface area contributed by atoms with Crippen LogP contribution < -0.4 is 0 Å². The minimum atomic E-state index is -0.379. The molecule has 0 amide bonds. The molecular weight excluding hydrogens is 238 g/mol. The summed E-state index contributed by atoms with van der Waals surface area (Å²) in [5.41, 5.74) is 3.35. The van der Waals surface area contributed by atoms with Crippen LogP contribution in [0.3, 0.4) is 0 Å². The molecule has 2 rings (SSSR count). The van der Waals surface area contributed by atoms with E-state index in [0.717, 1.165) is 23.1 Å². The van der Waals surface area contributed by atoms with Crippen molar-refractivity contribution in [2.75, 3.05) is 0 Å². The number of hydrogen-bond donors (Lipinski definition) is 0. The molecule has 3 heteroatoms. The highest BCUT2D eigenvalue weighted by Gasteiger charge is 2.08. The molecule has 0 bridgehead atoms. The Bertz CT molecular complexity index is 586. The first-order chi connectivity index (χ1) is 9.22. The van der Waals surface area contributed by atoms with Crippen LogP contribution in [0.25, 0.3) is 5.57 Å². The van der Waals surface area contributed by atoms with E-state index in [9.17, 15) is 10.1 Å². The van der Waals surface area contributed by atoms with E-state index in [1.54, 1.807) is 24.3 Å². The maximum absolute atomic E-state index is 10.7. The molecule has 0 aliphatic rings. The number of nitro benzene ring substituents is 1. The summed E-state index contributed by atoms with van der Waals surface area (Å²) < 4.78 is 0. The lowest BCUT2D eigenvalue weighted by Gasteiger charge is -2.08. The van der Waals surface area contributed by atoms with Gasteiger partial charge in [-0.25, -0.2) is 0 Å². The van der Waals surface area contributed by atoms with Gasteiger partial charge in [0.15, 0.2) is 0 Å². The molecule has 0 aliphatic carbocycles. The van der Waals surface area contributed by atoms with Crippen LogP contribution in [0.1, 0.15) is 24.5 Å². The Balaban J connectivity index is 2.41. The number of allylic oxidation sites excluding steroid dienone is 1. The molecule has 0 N–H and O–H groups in total. The SMILES string of the molecule is CCC=C(c1ccccc1)c1ccc([N+](=O)[O-])cc1. The summed E-state index contributed by atoms with van der Waals surface area (Å²) >= 11 is 0. The van der Waals surface area contributed by atoms with Gasteiger partial charge in [0.25, 0.3) is 5.69 Å². The van der Waals surface area contributed by atoms with Gasteiger partial charge in [0.1, 0.15) is 0 Å². The van der Waals surface area contributed by atoms with Gasteiger partial charge in [0.2, 0.25) is 0 Å². The molecule has 19 heavy (non-hydrogen) atoms. The molecule has 0 heterocycles. The Morgan fingerprint density at radius 2 is 1.63 bits per heavy atom. The predicted molar refractivity (Wildman–Crippen MR) is 76.9 cm³/mol. The minimum Gasteiger partial charge on any atom is -0.258 e. The number of nitrogens with zero attached hydrogens (tertiary/aromatic N) is 1. The van der Waals surface area contributed by atoms with Gasteiger partial charge in [-0.15, -0.1) is 0 Å². The maximum atomic E-state index is 10.7. The van der Waals surface area contributed by atoms with Crippen LogP contribution in [0.5, 0.6) is 0 Å². The van der Waals surface area contributed by atoms with Crippen molar-refractivity contribution in [2.24, 2.45) is 0 Å². The first-order valence-corrected chi connectivity index (χ1v) is 6.22. The number of rotatable bonds is 4. The van der Waals surface area contributed by atoms with Gasteiger partial charge in [-0.2, -0.15) is 0 Å². The molecule has 0 atom stereocenters. The second-order valence-electron chi connectivity index (χ2n) is 4.20. The van der Waals surface area contributed by atoms with Crippen molar-refractivity contribution >= 4 is 11.3 Å². The van der Waals surface area contributed by atoms with E-state index in [0.29, 0.717) is 0 Å². The summed E-state index contributed by atoms with van der Waals surface area (Å²) in [5.74, 6) is 0. The van der Waals surface area contributed by atoms with Crippen molar-refractivity contribution in [3.05, 3.63) is 81.9 Å². The smallest absolute Gasteiger partial charge is 0.258 e. The van der Waals surface area contributed by atoms with Crippen molar-refractivity contribution in [3.63, 3.8) is 0 Å². The number of benzene rings is 2. The largest absolute Gasteiger partial charge is 0.269 e. The topological polar surface area (TPSA) is 43.1 Å². The quantitative estimate of drug-likeness (QED) is 0.597. The number of non-ortho nitro benzene ring substituents is 1. The Kier molecular flexibility index (Phi) is 4.08. The van der Waals surface area contributed by atoms with Crippen molar-refractivity contribution in [1.82, 2.24) is 0 Å². The van der Waals surface area contributed by atoms with Crippen molar-refractivity contribution in [1.29, 1.82) is 0 Å². The highest BCUT2D eigenvalue weighted by Crippen LogP contribution is 2.25. The Morgan fingerprint density at radius 1 is 1.05 bits per heavy atom. The van der Waals surface area contributed by atoms with E-state index in [1.807, 2.05) is 30.3 Å². The van der Waals surface area contributed by atoms with Crippen molar-refractivity contribution < 1.29 is 4.92 Å². The van der Waals surface area contributed by atoms with Crippen LogP contribution in [0.15, 0.2) is 60.7 Å². The molecule has 0 aliphatic heterocycles. The predicted octanol–water partition coefficient (Wildman–Crippen LogP) is 4.44. The van der Waals surface area contributed by atoms with E-state index in [-0.39, 0.29) is 10.6 Å². The van der Waals surface area contributed by atoms with Crippen molar-refractivity contribution in [2.45, 2.75) is 13.3 Å². The van der Waals surface area contributed by atoms with E-state index in [2.05, 4.69) is 13.0 Å². The molecule has 2 aromatic carbocycles. The first-order valence-electron chi connectivity index (χ1n) is 6.22. The fourth-order valence-corrected chi connectivity index (χ4v) is 1.99. The fraction of sp³-hybridized carbons (Fsp3) is 0.125. The zero-order valence-electron chi connectivity index (χ0n) is 10.7. The van der Waals surface area contributed by atoms with Crippen LogP contribution in [0.4, 0.5) is 5.69 Å². The summed E-state index contributed by atoms with van der Waals surface area (Å²) in [4.78, 5) is 10.3. The normalized spacial score (nSPS) is 11.3. The summed E-state index contributed by atoms with van der Waals surface area (Å²) in [6, 6.07) is 16.7. The zero-order chi connectivity index (χ0) is 13.7. The van der Waals surface area contributed by atoms with Gasteiger partial charge in [0, 0.05) is 12.1 Å². The van der Waals surface area contributed by atoms with Gasteiger partial charge < -0.3 is 0 Å². The maximum Gasteiger partial charge on any atom is 0.269 e. The Labute approximate surface area is 112 Å². The van der Waals surface area contributed by atoms with Crippen LogP contribution in [-0.4, -0.2) is 4.92 Å². The average Bonchev–Trinajstić information content (AvgIpc) is 2.46. The molecule has 0 radical (unpaired) electrons. The first kappa shape index (κ1) is 13.0.